The third kappa shape index (κ3) is 3.99. The molecule has 1 N–H and O–H groups in total. The van der Waals surface area contributed by atoms with E-state index in [0.717, 1.165) is 17.7 Å². The molecule has 4 nitrogen and oxygen atoms in total. The first-order chi connectivity index (χ1) is 12.4. The van der Waals surface area contributed by atoms with E-state index >= 15 is 0 Å². The van der Waals surface area contributed by atoms with Gasteiger partial charge in [0.05, 0.1) is 5.69 Å². The Kier molecular flexibility index (Phi) is 5.16. The summed E-state index contributed by atoms with van der Waals surface area (Å²) in [6, 6.07) is 14.8. The van der Waals surface area contributed by atoms with Crippen molar-refractivity contribution in [3.05, 3.63) is 76.7 Å². The van der Waals surface area contributed by atoms with Gasteiger partial charge < -0.3 is 5.32 Å². The van der Waals surface area contributed by atoms with E-state index in [4.69, 9.17) is 0 Å². The molecule has 0 atom stereocenters. The van der Waals surface area contributed by atoms with Crippen molar-refractivity contribution in [1.82, 2.24) is 15.1 Å². The van der Waals surface area contributed by atoms with Crippen molar-refractivity contribution in [2.75, 3.05) is 6.54 Å². The predicted octanol–water partition coefficient (Wildman–Crippen LogP) is 3.82. The lowest BCUT2D eigenvalue weighted by molar-refractivity contribution is 0.0948. The maximum Gasteiger partial charge on any atom is 0.271 e. The first kappa shape index (κ1) is 17.9. The van der Waals surface area contributed by atoms with Crippen LogP contribution in [0.15, 0.2) is 48.5 Å². The van der Waals surface area contributed by atoms with Crippen LogP contribution < -0.4 is 5.32 Å². The molecule has 0 saturated heterocycles. The Hall–Kier alpha value is -2.95. The number of benzene rings is 2. The van der Waals surface area contributed by atoms with Crippen LogP contribution >= 0.6 is 0 Å². The summed E-state index contributed by atoms with van der Waals surface area (Å²) in [6.45, 7) is 4.31. The molecule has 3 aromatic rings. The highest BCUT2D eigenvalue weighted by Gasteiger charge is 2.14. The number of hydrogen-bond donors (Lipinski definition) is 1. The number of carbonyl (C=O) groups is 1. The molecule has 0 radical (unpaired) electrons. The molecule has 0 unspecified atom stereocenters. The molecule has 1 aromatic heterocycles. The van der Waals surface area contributed by atoms with Gasteiger partial charge in [-0.3, -0.25) is 9.48 Å². The van der Waals surface area contributed by atoms with Gasteiger partial charge in [-0.25, -0.2) is 4.39 Å². The van der Waals surface area contributed by atoms with Gasteiger partial charge in [0.1, 0.15) is 5.82 Å². The normalized spacial score (nSPS) is 10.8. The number of carbonyl (C=O) groups excluding carboxylic acids is 1. The van der Waals surface area contributed by atoms with Gasteiger partial charge in [-0.1, -0.05) is 29.8 Å². The van der Waals surface area contributed by atoms with Gasteiger partial charge in [-0.15, -0.1) is 0 Å². The van der Waals surface area contributed by atoms with Gasteiger partial charge in [-0.2, -0.15) is 5.10 Å². The standard InChI is InChI=1S/C21H22FN3O/c1-14-5-4-6-16(11-14)9-10-23-21(26)19-13-20(25(3)24-19)17-7-8-18(22)15(2)12-17/h4-8,11-13H,9-10H2,1-3H3,(H,23,26). The van der Waals surface area contributed by atoms with Crippen LogP contribution in [0.4, 0.5) is 4.39 Å². The molecule has 0 spiro atoms. The van der Waals surface area contributed by atoms with E-state index < -0.39 is 0 Å². The molecule has 1 amide bonds. The molecular weight excluding hydrogens is 329 g/mol. The lowest BCUT2D eigenvalue weighted by Crippen LogP contribution is -2.26. The second kappa shape index (κ2) is 7.52. The van der Waals surface area contributed by atoms with Crippen LogP contribution in [0.25, 0.3) is 11.3 Å². The minimum atomic E-state index is -0.245. The summed E-state index contributed by atoms with van der Waals surface area (Å²) in [5.74, 6) is -0.455. The van der Waals surface area contributed by atoms with E-state index in [-0.39, 0.29) is 11.7 Å². The Morgan fingerprint density at radius 1 is 1.15 bits per heavy atom. The van der Waals surface area contributed by atoms with Crippen molar-refractivity contribution in [2.24, 2.45) is 7.05 Å². The topological polar surface area (TPSA) is 46.9 Å². The van der Waals surface area contributed by atoms with Gasteiger partial charge in [0.25, 0.3) is 5.91 Å². The summed E-state index contributed by atoms with van der Waals surface area (Å²) in [5, 5.41) is 7.19. The minimum absolute atomic E-state index is 0.210. The summed E-state index contributed by atoms with van der Waals surface area (Å²) in [7, 11) is 1.78. The fraction of sp³-hybridized carbons (Fsp3) is 0.238. The number of amides is 1. The number of nitrogens with one attached hydrogen (secondary N) is 1. The van der Waals surface area contributed by atoms with Gasteiger partial charge in [0, 0.05) is 19.2 Å². The zero-order chi connectivity index (χ0) is 18.7. The summed E-state index contributed by atoms with van der Waals surface area (Å²) >= 11 is 0. The molecule has 0 aliphatic rings. The van der Waals surface area contributed by atoms with E-state index in [1.807, 2.05) is 6.07 Å². The fourth-order valence-corrected chi connectivity index (χ4v) is 2.93. The van der Waals surface area contributed by atoms with Crippen LogP contribution in [0, 0.1) is 19.7 Å². The Labute approximate surface area is 152 Å². The zero-order valence-electron chi connectivity index (χ0n) is 15.2. The maximum absolute atomic E-state index is 13.5. The average molecular weight is 351 g/mol. The summed E-state index contributed by atoms with van der Waals surface area (Å²) in [6.07, 6.45) is 0.768. The number of rotatable bonds is 5. The Balaban J connectivity index is 1.67. The second-order valence-corrected chi connectivity index (χ2v) is 6.50. The Morgan fingerprint density at radius 3 is 2.69 bits per heavy atom. The molecule has 0 fully saturated rings. The molecule has 1 heterocycles. The molecule has 3 rings (SSSR count). The quantitative estimate of drug-likeness (QED) is 0.760. The smallest absolute Gasteiger partial charge is 0.271 e. The molecule has 0 aliphatic carbocycles. The van der Waals surface area contributed by atoms with Crippen molar-refractivity contribution >= 4 is 5.91 Å². The highest BCUT2D eigenvalue weighted by atomic mass is 19.1. The van der Waals surface area contributed by atoms with E-state index in [2.05, 4.69) is 35.5 Å². The van der Waals surface area contributed by atoms with Crippen LogP contribution in [-0.4, -0.2) is 22.2 Å². The third-order valence-corrected chi connectivity index (χ3v) is 4.35. The molecule has 0 bridgehead atoms. The number of halogens is 1. The monoisotopic (exact) mass is 351 g/mol. The summed E-state index contributed by atoms with van der Waals surface area (Å²) < 4.78 is 15.1. The third-order valence-electron chi connectivity index (χ3n) is 4.35. The molecule has 0 aliphatic heterocycles. The van der Waals surface area contributed by atoms with Crippen LogP contribution in [-0.2, 0) is 13.5 Å². The van der Waals surface area contributed by atoms with Gasteiger partial charge in [0.15, 0.2) is 5.69 Å². The van der Waals surface area contributed by atoms with Crippen LogP contribution in [0.2, 0.25) is 0 Å². The second-order valence-electron chi connectivity index (χ2n) is 6.50. The van der Waals surface area contributed by atoms with E-state index in [1.165, 1.54) is 17.2 Å². The average Bonchev–Trinajstić information content (AvgIpc) is 2.99. The van der Waals surface area contributed by atoms with Crippen molar-refractivity contribution in [1.29, 1.82) is 0 Å². The van der Waals surface area contributed by atoms with Gasteiger partial charge >= 0.3 is 0 Å². The van der Waals surface area contributed by atoms with Crippen molar-refractivity contribution < 1.29 is 9.18 Å². The predicted molar refractivity (Wildman–Crippen MR) is 101 cm³/mol. The molecular formula is C21H22FN3O. The van der Waals surface area contributed by atoms with Gasteiger partial charge in [-0.05, 0) is 55.7 Å². The number of nitrogens with zero attached hydrogens (tertiary/aromatic N) is 2. The van der Waals surface area contributed by atoms with Crippen molar-refractivity contribution in [2.45, 2.75) is 20.3 Å². The van der Waals surface area contributed by atoms with Crippen molar-refractivity contribution in [3.8, 4) is 11.3 Å². The number of aromatic nitrogens is 2. The Morgan fingerprint density at radius 2 is 1.96 bits per heavy atom. The lowest BCUT2D eigenvalue weighted by atomic mass is 10.1. The SMILES string of the molecule is Cc1cccc(CCNC(=O)c2cc(-c3ccc(F)c(C)c3)n(C)n2)c1. The highest BCUT2D eigenvalue weighted by Crippen LogP contribution is 2.22. The van der Waals surface area contributed by atoms with E-state index in [9.17, 15) is 9.18 Å². The number of aryl methyl sites for hydroxylation is 3. The number of hydrogen-bond acceptors (Lipinski definition) is 2. The maximum atomic E-state index is 13.5. The molecule has 0 saturated carbocycles. The molecule has 5 heteroatoms. The zero-order valence-corrected chi connectivity index (χ0v) is 15.2. The Bertz CT molecular complexity index is 946. The van der Waals surface area contributed by atoms with Crippen LogP contribution in [0.3, 0.4) is 0 Å². The summed E-state index contributed by atoms with van der Waals surface area (Å²) in [4.78, 5) is 12.4. The molecule has 26 heavy (non-hydrogen) atoms. The lowest BCUT2D eigenvalue weighted by Gasteiger charge is -2.04. The highest BCUT2D eigenvalue weighted by molar-refractivity contribution is 5.93. The summed E-state index contributed by atoms with van der Waals surface area (Å²) in [5.41, 5.74) is 4.92. The first-order valence-electron chi connectivity index (χ1n) is 8.58. The van der Waals surface area contributed by atoms with Crippen molar-refractivity contribution in [3.63, 3.8) is 0 Å². The van der Waals surface area contributed by atoms with Crippen LogP contribution in [0.5, 0.6) is 0 Å². The fourth-order valence-electron chi connectivity index (χ4n) is 2.93. The minimum Gasteiger partial charge on any atom is -0.350 e. The van der Waals surface area contributed by atoms with Gasteiger partial charge in [0.2, 0.25) is 0 Å². The van der Waals surface area contributed by atoms with E-state index in [1.54, 1.807) is 36.9 Å². The van der Waals surface area contributed by atoms with E-state index in [0.29, 0.717) is 17.8 Å². The first-order valence-corrected chi connectivity index (χ1v) is 8.58. The van der Waals surface area contributed by atoms with Crippen LogP contribution in [0.1, 0.15) is 27.2 Å². The largest absolute Gasteiger partial charge is 0.350 e. The molecule has 134 valence electrons. The molecule has 2 aromatic carbocycles.